The molecule has 1 nitrogen and oxygen atoms in total. The molecule has 0 aliphatic rings. The molecule has 2 aromatic carbocycles. The molecule has 0 aliphatic carbocycles. The Morgan fingerprint density at radius 1 is 0.571 bits per heavy atom. The highest BCUT2D eigenvalue weighted by molar-refractivity contribution is 5.31. The van der Waals surface area contributed by atoms with E-state index in [1.165, 1.54) is 16.7 Å². The van der Waals surface area contributed by atoms with Crippen LogP contribution in [0.25, 0.3) is 0 Å². The van der Waals surface area contributed by atoms with Gasteiger partial charge in [0.25, 0.3) is 0 Å². The molecule has 118 valence electrons. The van der Waals surface area contributed by atoms with Crippen molar-refractivity contribution in [2.24, 2.45) is 0 Å². The van der Waals surface area contributed by atoms with Gasteiger partial charge in [-0.15, -0.1) is 0 Å². The molecular weight excluding hydrogens is 256 g/mol. The predicted molar refractivity (Wildman–Crippen MR) is 96.3 cm³/mol. The molecule has 0 amide bonds. The Morgan fingerprint density at radius 2 is 0.905 bits per heavy atom. The van der Waals surface area contributed by atoms with E-state index in [4.69, 9.17) is 4.74 Å². The molecule has 0 fully saturated rings. The summed E-state index contributed by atoms with van der Waals surface area (Å²) in [7, 11) is 1.68. The van der Waals surface area contributed by atoms with Crippen LogP contribution in [0.2, 0.25) is 0 Å². The van der Waals surface area contributed by atoms with Crippen LogP contribution in [0, 0.1) is 20.8 Å². The normalized spacial score (nSPS) is 8.00. The molecule has 0 aliphatic heterocycles. The molecule has 0 aromatic heterocycles. The van der Waals surface area contributed by atoms with E-state index in [1.54, 1.807) is 7.11 Å². The first kappa shape index (κ1) is 21.5. The first-order chi connectivity index (χ1) is 10.1. The molecule has 2 aromatic rings. The van der Waals surface area contributed by atoms with Crippen LogP contribution >= 0.6 is 0 Å². The lowest BCUT2D eigenvalue weighted by molar-refractivity contribution is 0.411. The van der Waals surface area contributed by atoms with Crippen molar-refractivity contribution in [3.63, 3.8) is 0 Å². The fourth-order valence-electron chi connectivity index (χ4n) is 1.45. The zero-order valence-corrected chi connectivity index (χ0v) is 15.0. The van der Waals surface area contributed by atoms with E-state index in [0.29, 0.717) is 0 Å². The third-order valence-electron chi connectivity index (χ3n) is 2.74. The summed E-state index contributed by atoms with van der Waals surface area (Å²) in [5.41, 5.74) is 3.92. The monoisotopic (exact) mass is 288 g/mol. The van der Waals surface area contributed by atoms with Crippen molar-refractivity contribution >= 4 is 0 Å². The summed E-state index contributed by atoms with van der Waals surface area (Å²) in [6.07, 6.45) is 0. The lowest BCUT2D eigenvalue weighted by atomic mass is 10.1. The summed E-state index contributed by atoms with van der Waals surface area (Å²) in [5.74, 6) is 0.956. The van der Waals surface area contributed by atoms with Crippen molar-refractivity contribution in [2.75, 3.05) is 7.11 Å². The maximum Gasteiger partial charge on any atom is 0.121 e. The molecule has 0 bridgehead atoms. The number of para-hydroxylation sites is 1. The number of aryl methyl sites for hydroxylation is 3. The van der Waals surface area contributed by atoms with Gasteiger partial charge < -0.3 is 4.74 Å². The fraction of sp³-hybridized carbons (Fsp3) is 0.400. The van der Waals surface area contributed by atoms with Crippen molar-refractivity contribution < 1.29 is 4.74 Å². The second-order valence-electron chi connectivity index (χ2n) is 4.05. The van der Waals surface area contributed by atoms with Crippen LogP contribution in [-0.2, 0) is 0 Å². The average Bonchev–Trinajstić information content (AvgIpc) is 2.55. The van der Waals surface area contributed by atoms with Crippen molar-refractivity contribution in [3.05, 3.63) is 65.2 Å². The summed E-state index contributed by atoms with van der Waals surface area (Å²) < 4.78 is 5.04. The molecule has 0 saturated carbocycles. The smallest absolute Gasteiger partial charge is 0.121 e. The van der Waals surface area contributed by atoms with E-state index in [-0.39, 0.29) is 0 Å². The number of hydrogen-bond donors (Lipinski definition) is 0. The summed E-state index contributed by atoms with van der Waals surface area (Å²) in [4.78, 5) is 0. The third kappa shape index (κ3) is 9.73. The van der Waals surface area contributed by atoms with E-state index < -0.39 is 0 Å². The van der Waals surface area contributed by atoms with Crippen LogP contribution in [0.5, 0.6) is 5.75 Å². The Kier molecular flexibility index (Phi) is 15.0. The lowest BCUT2D eigenvalue weighted by Crippen LogP contribution is -1.84. The van der Waals surface area contributed by atoms with E-state index in [2.05, 4.69) is 38.1 Å². The molecule has 2 rings (SSSR count). The highest BCUT2D eigenvalue weighted by Gasteiger charge is 1.90. The molecule has 21 heavy (non-hydrogen) atoms. The summed E-state index contributed by atoms with van der Waals surface area (Å²) >= 11 is 0. The second-order valence-corrected chi connectivity index (χ2v) is 4.05. The zero-order chi connectivity index (χ0) is 16.7. The van der Waals surface area contributed by atoms with Crippen LogP contribution in [0.1, 0.15) is 44.4 Å². The average molecular weight is 288 g/mol. The quantitative estimate of drug-likeness (QED) is 0.593. The van der Waals surface area contributed by atoms with Gasteiger partial charge in [0.05, 0.1) is 7.11 Å². The molecule has 0 saturated heterocycles. The van der Waals surface area contributed by atoms with Crippen molar-refractivity contribution in [2.45, 2.75) is 48.5 Å². The van der Waals surface area contributed by atoms with Crippen LogP contribution in [-0.4, -0.2) is 7.11 Å². The predicted octanol–water partition coefficient (Wildman–Crippen LogP) is 6.36. The molecule has 0 unspecified atom stereocenters. The van der Waals surface area contributed by atoms with Crippen LogP contribution in [0.3, 0.4) is 0 Å². The first-order valence-electron chi connectivity index (χ1n) is 7.77. The number of methoxy groups -OCH3 is 1. The minimum Gasteiger partial charge on any atom is -0.496 e. The lowest BCUT2D eigenvalue weighted by Gasteiger charge is -2.00. The Bertz CT molecular complexity index is 440. The Labute approximate surface area is 132 Å². The molecular formula is C20H32O. The summed E-state index contributed by atoms with van der Waals surface area (Å²) in [5, 5.41) is 0. The molecule has 1 heteroatoms. The topological polar surface area (TPSA) is 9.23 Å². The van der Waals surface area contributed by atoms with Crippen LogP contribution in [0.4, 0.5) is 0 Å². The van der Waals surface area contributed by atoms with Crippen LogP contribution in [0.15, 0.2) is 48.5 Å². The van der Waals surface area contributed by atoms with Crippen LogP contribution < -0.4 is 4.74 Å². The molecule has 0 N–H and O–H groups in total. The number of ether oxygens (including phenoxy) is 1. The standard InChI is InChI=1S/C8H10O.C8H10.2C2H6/c1-7-5-3-4-6-8(7)9-2;1-7-5-3-4-6-8(7)2;2*1-2/h3-6H,1-2H3;3-6H,1-2H3;2*1-2H3. The highest BCUT2D eigenvalue weighted by Crippen LogP contribution is 2.14. The van der Waals surface area contributed by atoms with Crippen molar-refractivity contribution in [1.82, 2.24) is 0 Å². The second kappa shape index (κ2) is 14.6. The van der Waals surface area contributed by atoms with Crippen molar-refractivity contribution in [3.8, 4) is 5.75 Å². The SMILES string of the molecule is CC.CC.COc1ccccc1C.Cc1ccccc1C. The maximum absolute atomic E-state index is 5.04. The van der Waals surface area contributed by atoms with Crippen molar-refractivity contribution in [1.29, 1.82) is 0 Å². The van der Waals surface area contributed by atoms with Gasteiger partial charge in [-0.25, -0.2) is 0 Å². The largest absolute Gasteiger partial charge is 0.496 e. The van der Waals surface area contributed by atoms with Gasteiger partial charge >= 0.3 is 0 Å². The van der Waals surface area contributed by atoms with Gasteiger partial charge in [0.15, 0.2) is 0 Å². The third-order valence-corrected chi connectivity index (χ3v) is 2.74. The Balaban J connectivity index is 0. The van der Waals surface area contributed by atoms with Gasteiger partial charge in [-0.3, -0.25) is 0 Å². The van der Waals surface area contributed by atoms with E-state index in [9.17, 15) is 0 Å². The Morgan fingerprint density at radius 3 is 1.14 bits per heavy atom. The summed E-state index contributed by atoms with van der Waals surface area (Å²) in [6, 6.07) is 16.3. The van der Waals surface area contributed by atoms with Gasteiger partial charge in [0.2, 0.25) is 0 Å². The maximum atomic E-state index is 5.04. The van der Waals surface area contributed by atoms with E-state index in [0.717, 1.165) is 5.75 Å². The van der Waals surface area contributed by atoms with Gasteiger partial charge in [-0.1, -0.05) is 70.2 Å². The minimum atomic E-state index is 0.956. The molecule has 0 radical (unpaired) electrons. The first-order valence-corrected chi connectivity index (χ1v) is 7.77. The number of benzene rings is 2. The molecule has 0 heterocycles. The highest BCUT2D eigenvalue weighted by atomic mass is 16.5. The van der Waals surface area contributed by atoms with Gasteiger partial charge in [-0.2, -0.15) is 0 Å². The van der Waals surface area contributed by atoms with Gasteiger partial charge in [0.1, 0.15) is 5.75 Å². The number of rotatable bonds is 1. The molecule has 0 atom stereocenters. The number of hydrogen-bond acceptors (Lipinski definition) is 1. The minimum absolute atomic E-state index is 0.956. The molecule has 0 spiro atoms. The van der Waals surface area contributed by atoms with Gasteiger partial charge in [0, 0.05) is 0 Å². The summed E-state index contributed by atoms with van der Waals surface area (Å²) in [6.45, 7) is 14.3. The zero-order valence-electron chi connectivity index (χ0n) is 15.0. The van der Waals surface area contributed by atoms with E-state index in [1.807, 2.05) is 58.9 Å². The Hall–Kier alpha value is -1.76. The van der Waals surface area contributed by atoms with E-state index >= 15 is 0 Å². The fourth-order valence-corrected chi connectivity index (χ4v) is 1.45. The van der Waals surface area contributed by atoms with Gasteiger partial charge in [-0.05, 0) is 43.5 Å².